The summed E-state index contributed by atoms with van der Waals surface area (Å²) >= 11 is 0. The lowest BCUT2D eigenvalue weighted by Crippen LogP contribution is -2.74. The van der Waals surface area contributed by atoms with Gasteiger partial charge in [-0.15, -0.1) is 0 Å². The third-order valence-corrected chi connectivity index (χ3v) is 11.6. The summed E-state index contributed by atoms with van der Waals surface area (Å²) in [5.41, 5.74) is -3.31. The van der Waals surface area contributed by atoms with E-state index in [9.17, 15) is 24.9 Å². The van der Waals surface area contributed by atoms with Crippen molar-refractivity contribution < 1.29 is 34.4 Å². The van der Waals surface area contributed by atoms with Crippen LogP contribution in [-0.2, 0) is 19.1 Å². The molecule has 5 aliphatic rings. The van der Waals surface area contributed by atoms with Crippen LogP contribution in [0.15, 0.2) is 0 Å². The van der Waals surface area contributed by atoms with E-state index in [1.165, 1.54) is 13.3 Å². The summed E-state index contributed by atoms with van der Waals surface area (Å²) in [6.07, 6.45) is 1.41. The Labute approximate surface area is 202 Å². The predicted molar refractivity (Wildman–Crippen MR) is 123 cm³/mol. The Morgan fingerprint density at radius 2 is 1.62 bits per heavy atom. The van der Waals surface area contributed by atoms with Gasteiger partial charge >= 0.3 is 5.97 Å². The van der Waals surface area contributed by atoms with E-state index in [0.29, 0.717) is 18.8 Å². The van der Waals surface area contributed by atoms with E-state index >= 15 is 0 Å². The van der Waals surface area contributed by atoms with Crippen LogP contribution in [0.1, 0.15) is 86.5 Å². The highest BCUT2D eigenvalue weighted by Gasteiger charge is 2.76. The van der Waals surface area contributed by atoms with Crippen LogP contribution >= 0.6 is 0 Å². The van der Waals surface area contributed by atoms with Gasteiger partial charge in [-0.25, -0.2) is 0 Å². The number of Topliss-reactive ketones (excluding diaryl/α,β-unsaturated/α-hetero) is 1. The minimum Gasteiger partial charge on any atom is -0.461 e. The van der Waals surface area contributed by atoms with E-state index in [2.05, 4.69) is 27.7 Å². The second-order valence-electron chi connectivity index (χ2n) is 13.5. The number of hydrogen-bond donors (Lipinski definition) is 3. The Balaban J connectivity index is 1.64. The molecule has 1 aliphatic heterocycles. The molecule has 0 amide bonds. The topological polar surface area (TPSA) is 113 Å². The quantitative estimate of drug-likeness (QED) is 0.497. The van der Waals surface area contributed by atoms with Crippen LogP contribution < -0.4 is 0 Å². The van der Waals surface area contributed by atoms with Crippen LogP contribution in [0.5, 0.6) is 0 Å². The molecular formula is C27H42O7. The lowest BCUT2D eigenvalue weighted by Gasteiger charge is -2.70. The van der Waals surface area contributed by atoms with E-state index in [1.807, 2.05) is 0 Å². The summed E-state index contributed by atoms with van der Waals surface area (Å²) in [5.74, 6) is -0.415. The van der Waals surface area contributed by atoms with E-state index in [-0.39, 0.29) is 28.1 Å². The molecule has 0 aromatic rings. The lowest BCUT2D eigenvalue weighted by molar-refractivity contribution is -0.253. The molecule has 5 rings (SSSR count). The Kier molecular flexibility index (Phi) is 5.27. The first-order valence-electron chi connectivity index (χ1n) is 13.1. The summed E-state index contributed by atoms with van der Waals surface area (Å²) in [6, 6.07) is 0. The van der Waals surface area contributed by atoms with E-state index < -0.39 is 47.4 Å². The molecule has 0 bridgehead atoms. The molecule has 7 heteroatoms. The lowest BCUT2D eigenvalue weighted by atomic mass is 9.34. The van der Waals surface area contributed by atoms with Crippen LogP contribution in [0, 0.1) is 39.4 Å². The zero-order valence-electron chi connectivity index (χ0n) is 21.5. The highest BCUT2D eigenvalue weighted by Crippen LogP contribution is 2.73. The molecule has 0 radical (unpaired) electrons. The van der Waals surface area contributed by atoms with E-state index in [1.54, 1.807) is 6.92 Å². The maximum atomic E-state index is 14.1. The molecule has 11 atom stereocenters. The number of fused-ring (bicyclic) bond motifs is 6. The van der Waals surface area contributed by atoms with Crippen LogP contribution in [-0.4, -0.2) is 57.3 Å². The monoisotopic (exact) mass is 478 g/mol. The summed E-state index contributed by atoms with van der Waals surface area (Å²) in [6.45, 7) is 12.6. The third-order valence-electron chi connectivity index (χ3n) is 11.6. The van der Waals surface area contributed by atoms with Gasteiger partial charge in [-0.05, 0) is 79.4 Å². The van der Waals surface area contributed by atoms with Gasteiger partial charge < -0.3 is 24.8 Å². The molecule has 192 valence electrons. The molecule has 0 aromatic carbocycles. The van der Waals surface area contributed by atoms with Gasteiger partial charge in [-0.1, -0.05) is 34.1 Å². The zero-order chi connectivity index (χ0) is 25.1. The van der Waals surface area contributed by atoms with Crippen molar-refractivity contribution in [1.29, 1.82) is 0 Å². The minimum absolute atomic E-state index is 0.0564. The summed E-state index contributed by atoms with van der Waals surface area (Å²) in [5, 5.41) is 32.2. The number of rotatable bonds is 1. The van der Waals surface area contributed by atoms with Gasteiger partial charge in [0, 0.05) is 6.92 Å². The smallest absolute Gasteiger partial charge is 0.302 e. The van der Waals surface area contributed by atoms with Gasteiger partial charge in [0.05, 0.1) is 11.5 Å². The zero-order valence-corrected chi connectivity index (χ0v) is 21.5. The number of ketones is 1. The molecule has 0 aromatic heterocycles. The van der Waals surface area contributed by atoms with Gasteiger partial charge in [-0.2, -0.15) is 0 Å². The van der Waals surface area contributed by atoms with Crippen molar-refractivity contribution in [2.24, 2.45) is 39.4 Å². The van der Waals surface area contributed by atoms with Crippen LogP contribution in [0.4, 0.5) is 0 Å². The van der Waals surface area contributed by atoms with Crippen molar-refractivity contribution in [3.05, 3.63) is 0 Å². The number of aliphatic hydroxyl groups excluding tert-OH is 2. The van der Waals surface area contributed by atoms with Crippen molar-refractivity contribution in [1.82, 2.24) is 0 Å². The van der Waals surface area contributed by atoms with E-state index in [0.717, 1.165) is 25.7 Å². The predicted octanol–water partition coefficient (Wildman–Crippen LogP) is 2.98. The SMILES string of the molecule is CC(=O)O[C@H]1C[C@@H]2[C@@]3(C)CCCC(C)(C)[C@@H]3CC[C@@]2(C)[C@@H]2C[C@@H]3O[C@@H](O)[C@H](O)[C@]3(O)C(=O)[C@@]12C. The molecule has 5 fully saturated rings. The van der Waals surface area contributed by atoms with Crippen molar-refractivity contribution in [3.8, 4) is 0 Å². The molecular weight excluding hydrogens is 436 g/mol. The van der Waals surface area contributed by atoms with Gasteiger partial charge in [-0.3, -0.25) is 9.59 Å². The molecule has 7 nitrogen and oxygen atoms in total. The van der Waals surface area contributed by atoms with Gasteiger partial charge in [0.1, 0.15) is 12.2 Å². The van der Waals surface area contributed by atoms with Gasteiger partial charge in [0.2, 0.25) is 0 Å². The maximum absolute atomic E-state index is 14.1. The number of carbonyl (C=O) groups excluding carboxylic acids is 2. The molecule has 1 heterocycles. The fourth-order valence-corrected chi connectivity index (χ4v) is 10.1. The highest BCUT2D eigenvalue weighted by atomic mass is 16.6. The molecule has 4 saturated carbocycles. The molecule has 3 N–H and O–H groups in total. The first-order chi connectivity index (χ1) is 15.6. The third kappa shape index (κ3) is 2.84. The van der Waals surface area contributed by atoms with Crippen molar-refractivity contribution in [3.63, 3.8) is 0 Å². The van der Waals surface area contributed by atoms with Crippen LogP contribution in [0.2, 0.25) is 0 Å². The van der Waals surface area contributed by atoms with Gasteiger partial charge in [0.25, 0.3) is 0 Å². The number of esters is 1. The average Bonchev–Trinajstić information content (AvgIpc) is 2.95. The average molecular weight is 479 g/mol. The number of ether oxygens (including phenoxy) is 2. The fraction of sp³-hybridized carbons (Fsp3) is 0.926. The summed E-state index contributed by atoms with van der Waals surface area (Å²) in [4.78, 5) is 26.4. The first-order valence-corrected chi connectivity index (χ1v) is 13.1. The summed E-state index contributed by atoms with van der Waals surface area (Å²) in [7, 11) is 0. The molecule has 0 unspecified atom stereocenters. The van der Waals surface area contributed by atoms with Crippen molar-refractivity contribution >= 4 is 11.8 Å². The second-order valence-corrected chi connectivity index (χ2v) is 13.5. The fourth-order valence-electron chi connectivity index (χ4n) is 10.1. The van der Waals surface area contributed by atoms with Crippen molar-refractivity contribution in [2.75, 3.05) is 0 Å². The van der Waals surface area contributed by atoms with Crippen molar-refractivity contribution in [2.45, 2.75) is 117 Å². The maximum Gasteiger partial charge on any atom is 0.302 e. The Hall–Kier alpha value is -1.02. The van der Waals surface area contributed by atoms with E-state index in [4.69, 9.17) is 9.47 Å². The van der Waals surface area contributed by atoms with Gasteiger partial charge in [0.15, 0.2) is 17.7 Å². The van der Waals surface area contributed by atoms with Crippen LogP contribution in [0.25, 0.3) is 0 Å². The summed E-state index contributed by atoms with van der Waals surface area (Å²) < 4.78 is 11.5. The Bertz CT molecular complexity index is 901. The second kappa shape index (κ2) is 7.27. The Morgan fingerprint density at radius 1 is 0.971 bits per heavy atom. The minimum atomic E-state index is -2.21. The first kappa shape index (κ1) is 24.7. The molecule has 0 spiro atoms. The highest BCUT2D eigenvalue weighted by molar-refractivity contribution is 5.96. The Morgan fingerprint density at radius 3 is 2.26 bits per heavy atom. The number of aliphatic hydroxyl groups is 3. The molecule has 34 heavy (non-hydrogen) atoms. The largest absolute Gasteiger partial charge is 0.461 e. The standard InChI is InChI=1S/C27H42O7/c1-14(28)33-18-12-16-24(4)10-7-9-23(2,3)15(24)8-11-25(16,5)17-13-19-27(32,20(29)21(30)34-19)22(31)26(17,18)6/h15-21,29-30,32H,7-13H2,1-6H3/t15-,16+,17-,18-,19-,20-,21+,24-,25+,26+,27-/m0/s1. The number of carbonyl (C=O) groups is 2. The van der Waals surface area contributed by atoms with Crippen LogP contribution in [0.3, 0.4) is 0 Å². The number of hydrogen-bond acceptors (Lipinski definition) is 7. The molecule has 1 saturated heterocycles. The molecule has 4 aliphatic carbocycles. The normalized spacial score (nSPS) is 56.0.